The Kier molecular flexibility index (Phi) is 2.77. The Hall–Kier alpha value is -1.30. The van der Waals surface area contributed by atoms with Crippen molar-refractivity contribution in [3.63, 3.8) is 0 Å². The summed E-state index contributed by atoms with van der Waals surface area (Å²) in [5.41, 5.74) is 0. The summed E-state index contributed by atoms with van der Waals surface area (Å²) in [7, 11) is 0. The van der Waals surface area contributed by atoms with Crippen molar-refractivity contribution in [2.45, 2.75) is 25.0 Å². The first-order chi connectivity index (χ1) is 7.18. The van der Waals surface area contributed by atoms with Crippen LogP contribution in [0.3, 0.4) is 0 Å². The van der Waals surface area contributed by atoms with Crippen LogP contribution >= 0.6 is 0 Å². The molecule has 0 bridgehead atoms. The summed E-state index contributed by atoms with van der Waals surface area (Å²) >= 11 is 0. The predicted octanol–water partition coefficient (Wildman–Crippen LogP) is -0.356. The fourth-order valence-electron chi connectivity index (χ4n) is 1.98. The number of hydrogen-bond donors (Lipinski definition) is 2. The number of ether oxygens (including phenoxy) is 1. The molecule has 2 saturated heterocycles. The molecule has 0 aromatic heterocycles. The van der Waals surface area contributed by atoms with Gasteiger partial charge in [0.15, 0.2) is 0 Å². The van der Waals surface area contributed by atoms with E-state index in [4.69, 9.17) is 9.84 Å². The molecule has 2 atom stereocenters. The lowest BCUT2D eigenvalue weighted by Gasteiger charge is -2.22. The highest BCUT2D eigenvalue weighted by molar-refractivity contribution is 5.86. The molecule has 84 valence electrons. The third-order valence-electron chi connectivity index (χ3n) is 2.79. The van der Waals surface area contributed by atoms with Gasteiger partial charge in [0.05, 0.1) is 12.6 Å². The second-order valence-corrected chi connectivity index (χ2v) is 3.83. The molecule has 2 rings (SSSR count). The van der Waals surface area contributed by atoms with Crippen LogP contribution in [0.15, 0.2) is 0 Å². The number of rotatable bonds is 3. The number of carbonyl (C=O) groups excluding carboxylic acids is 1. The highest BCUT2D eigenvalue weighted by atomic mass is 16.5. The second-order valence-electron chi connectivity index (χ2n) is 3.83. The first-order valence-corrected chi connectivity index (χ1v) is 5.07. The van der Waals surface area contributed by atoms with E-state index in [2.05, 4.69) is 5.32 Å². The van der Waals surface area contributed by atoms with Crippen LogP contribution in [-0.4, -0.2) is 53.8 Å². The van der Waals surface area contributed by atoms with E-state index in [0.717, 1.165) is 12.8 Å². The van der Waals surface area contributed by atoms with E-state index in [-0.39, 0.29) is 18.7 Å². The minimum atomic E-state index is -0.966. The Bertz CT molecular complexity index is 275. The van der Waals surface area contributed by atoms with E-state index < -0.39 is 12.0 Å². The summed E-state index contributed by atoms with van der Waals surface area (Å²) in [5, 5.41) is 11.4. The maximum absolute atomic E-state index is 11.4. The number of aliphatic carboxylic acids is 1. The zero-order valence-corrected chi connectivity index (χ0v) is 8.31. The number of nitrogens with zero attached hydrogens (tertiary/aromatic N) is 1. The van der Waals surface area contributed by atoms with Gasteiger partial charge in [-0.3, -0.25) is 0 Å². The average molecular weight is 214 g/mol. The van der Waals surface area contributed by atoms with Crippen molar-refractivity contribution in [1.82, 2.24) is 10.2 Å². The summed E-state index contributed by atoms with van der Waals surface area (Å²) in [6.07, 6.45) is 1.88. The highest BCUT2D eigenvalue weighted by Crippen LogP contribution is 2.16. The largest absolute Gasteiger partial charge is 0.480 e. The Morgan fingerprint density at radius 1 is 1.67 bits per heavy atom. The molecule has 2 amide bonds. The van der Waals surface area contributed by atoms with E-state index >= 15 is 0 Å². The third kappa shape index (κ3) is 2.04. The van der Waals surface area contributed by atoms with Crippen LogP contribution in [0.5, 0.6) is 0 Å². The number of urea groups is 1. The molecule has 6 heteroatoms. The van der Waals surface area contributed by atoms with Crippen LogP contribution in [0.25, 0.3) is 0 Å². The molecule has 2 aliphatic heterocycles. The normalized spacial score (nSPS) is 30.7. The number of amides is 2. The fraction of sp³-hybridized carbons (Fsp3) is 0.778. The second kappa shape index (κ2) is 4.06. The molecule has 2 N–H and O–H groups in total. The van der Waals surface area contributed by atoms with Crippen LogP contribution in [0.4, 0.5) is 4.79 Å². The Morgan fingerprint density at radius 2 is 2.47 bits per heavy atom. The number of carbonyl (C=O) groups is 2. The molecule has 0 saturated carbocycles. The van der Waals surface area contributed by atoms with E-state index in [0.29, 0.717) is 13.2 Å². The fourth-order valence-corrected chi connectivity index (χ4v) is 1.98. The smallest absolute Gasteiger partial charge is 0.328 e. The lowest BCUT2D eigenvalue weighted by atomic mass is 10.2. The van der Waals surface area contributed by atoms with Gasteiger partial charge in [-0.2, -0.15) is 0 Å². The standard InChI is InChI=1S/C9H14N2O4/c12-8(13)7-4-10-9(14)11(7)5-6-2-1-3-15-6/h6-7H,1-5H2,(H,10,14)(H,12,13). The van der Waals surface area contributed by atoms with Gasteiger partial charge in [-0.25, -0.2) is 9.59 Å². The van der Waals surface area contributed by atoms with E-state index in [1.807, 2.05) is 0 Å². The molecule has 0 aliphatic carbocycles. The molecule has 2 aliphatic rings. The van der Waals surface area contributed by atoms with Gasteiger partial charge in [-0.1, -0.05) is 0 Å². The molecular weight excluding hydrogens is 200 g/mol. The van der Waals surface area contributed by atoms with Crippen molar-refractivity contribution >= 4 is 12.0 Å². The first kappa shape index (κ1) is 10.2. The molecule has 0 aromatic rings. The van der Waals surface area contributed by atoms with Crippen LogP contribution in [0, 0.1) is 0 Å². The molecule has 2 heterocycles. The molecule has 0 radical (unpaired) electrons. The minimum absolute atomic E-state index is 0.00398. The maximum Gasteiger partial charge on any atom is 0.328 e. The molecule has 6 nitrogen and oxygen atoms in total. The molecular formula is C9H14N2O4. The van der Waals surface area contributed by atoms with Gasteiger partial charge in [0, 0.05) is 13.2 Å². The highest BCUT2D eigenvalue weighted by Gasteiger charge is 2.37. The Labute approximate surface area is 87.2 Å². The van der Waals surface area contributed by atoms with Crippen molar-refractivity contribution in [2.75, 3.05) is 19.7 Å². The predicted molar refractivity (Wildman–Crippen MR) is 50.5 cm³/mol. The van der Waals surface area contributed by atoms with Crippen LogP contribution in [0.1, 0.15) is 12.8 Å². The van der Waals surface area contributed by atoms with Crippen LogP contribution in [0.2, 0.25) is 0 Å². The van der Waals surface area contributed by atoms with Crippen molar-refractivity contribution < 1.29 is 19.4 Å². The van der Waals surface area contributed by atoms with E-state index in [1.165, 1.54) is 4.90 Å². The zero-order valence-electron chi connectivity index (χ0n) is 8.31. The van der Waals surface area contributed by atoms with E-state index in [1.54, 1.807) is 0 Å². The van der Waals surface area contributed by atoms with Crippen molar-refractivity contribution in [3.8, 4) is 0 Å². The first-order valence-electron chi connectivity index (χ1n) is 5.07. The summed E-state index contributed by atoms with van der Waals surface area (Å²) in [6.45, 7) is 1.27. The Balaban J connectivity index is 1.97. The van der Waals surface area contributed by atoms with Crippen LogP contribution < -0.4 is 5.32 Å². The third-order valence-corrected chi connectivity index (χ3v) is 2.79. The van der Waals surface area contributed by atoms with Gasteiger partial charge in [-0.05, 0) is 12.8 Å². The van der Waals surface area contributed by atoms with E-state index in [9.17, 15) is 9.59 Å². The topological polar surface area (TPSA) is 78.9 Å². The van der Waals surface area contributed by atoms with Gasteiger partial charge in [-0.15, -0.1) is 0 Å². The summed E-state index contributed by atoms with van der Waals surface area (Å²) < 4.78 is 5.38. The quantitative estimate of drug-likeness (QED) is 0.672. The number of carboxylic acids is 1. The average Bonchev–Trinajstić information content (AvgIpc) is 2.78. The van der Waals surface area contributed by atoms with Gasteiger partial charge >= 0.3 is 12.0 Å². The molecule has 0 spiro atoms. The zero-order chi connectivity index (χ0) is 10.8. The van der Waals surface area contributed by atoms with Crippen molar-refractivity contribution in [1.29, 1.82) is 0 Å². The van der Waals surface area contributed by atoms with Crippen molar-refractivity contribution in [2.24, 2.45) is 0 Å². The minimum Gasteiger partial charge on any atom is -0.480 e. The molecule has 15 heavy (non-hydrogen) atoms. The van der Waals surface area contributed by atoms with Gasteiger partial charge < -0.3 is 20.1 Å². The number of hydrogen-bond acceptors (Lipinski definition) is 3. The lowest BCUT2D eigenvalue weighted by molar-refractivity contribution is -0.141. The van der Waals surface area contributed by atoms with Gasteiger partial charge in [0.25, 0.3) is 0 Å². The monoisotopic (exact) mass is 214 g/mol. The maximum atomic E-state index is 11.4. The Morgan fingerprint density at radius 3 is 3.07 bits per heavy atom. The number of nitrogens with one attached hydrogen (secondary N) is 1. The molecule has 2 unspecified atom stereocenters. The molecule has 2 fully saturated rings. The molecule has 0 aromatic carbocycles. The SMILES string of the molecule is O=C(O)C1CNC(=O)N1CC1CCCO1. The summed E-state index contributed by atoms with van der Waals surface area (Å²) in [4.78, 5) is 23.6. The van der Waals surface area contributed by atoms with Crippen molar-refractivity contribution in [3.05, 3.63) is 0 Å². The summed E-state index contributed by atoms with van der Waals surface area (Å²) in [5.74, 6) is -0.966. The number of carboxylic acid groups (broad SMARTS) is 1. The van der Waals surface area contributed by atoms with Gasteiger partial charge in [0.2, 0.25) is 0 Å². The summed E-state index contributed by atoms with van der Waals surface area (Å²) in [6, 6.07) is -1.06. The lowest BCUT2D eigenvalue weighted by Crippen LogP contribution is -2.43. The van der Waals surface area contributed by atoms with Crippen LogP contribution in [-0.2, 0) is 9.53 Å². The van der Waals surface area contributed by atoms with Gasteiger partial charge in [0.1, 0.15) is 6.04 Å².